The molecule has 184 valence electrons. The first-order valence-corrected chi connectivity index (χ1v) is 11.6. The second-order valence-electron chi connectivity index (χ2n) is 6.83. The van der Waals surface area contributed by atoms with Crippen molar-refractivity contribution in [1.82, 2.24) is 24.9 Å². The van der Waals surface area contributed by atoms with Crippen LogP contribution in [0.4, 0.5) is 14.7 Å². The van der Waals surface area contributed by atoms with Gasteiger partial charge in [0.25, 0.3) is 28.2 Å². The third-order valence-electron chi connectivity index (χ3n) is 4.68. The SMILES string of the molecule is COc1nc(NS(=O)(=O)c2c[nH]c3c(-c4cncnc4)c(Cl)ccc23)nc(OC)c1OCC(F)F. The molecule has 2 N–H and O–H groups in total. The maximum Gasteiger partial charge on any atom is 0.272 e. The highest BCUT2D eigenvalue weighted by Gasteiger charge is 2.26. The zero-order valence-corrected chi connectivity index (χ0v) is 19.7. The van der Waals surface area contributed by atoms with Crippen molar-refractivity contribution in [1.29, 1.82) is 0 Å². The summed E-state index contributed by atoms with van der Waals surface area (Å²) in [6.07, 6.45) is 2.96. The van der Waals surface area contributed by atoms with Crippen molar-refractivity contribution in [2.24, 2.45) is 0 Å². The number of anilines is 1. The molecule has 15 heteroatoms. The fourth-order valence-corrected chi connectivity index (χ4v) is 4.64. The fourth-order valence-electron chi connectivity index (χ4n) is 3.26. The van der Waals surface area contributed by atoms with Crippen LogP contribution >= 0.6 is 11.6 Å². The quantitative estimate of drug-likeness (QED) is 0.335. The molecule has 3 heterocycles. The molecule has 0 aliphatic carbocycles. The van der Waals surface area contributed by atoms with Crippen LogP contribution in [0.2, 0.25) is 5.02 Å². The number of aromatic nitrogens is 5. The van der Waals surface area contributed by atoms with Gasteiger partial charge in [-0.3, -0.25) is 0 Å². The Labute approximate surface area is 202 Å². The summed E-state index contributed by atoms with van der Waals surface area (Å²) in [6, 6.07) is 3.09. The van der Waals surface area contributed by atoms with Crippen LogP contribution in [0.1, 0.15) is 0 Å². The standard InChI is InChI=1S/C20H17ClF2N6O5S/c1-32-18-17(34-8-14(22)23)19(33-2)28-20(27-18)29-35(30,31)13-7-26-16-11(13)3-4-12(21)15(16)10-5-24-9-25-6-10/h3-7,9,14,26H,8H2,1-2H3,(H,27,28,29). The van der Waals surface area contributed by atoms with E-state index in [1.165, 1.54) is 26.7 Å². The second kappa shape index (κ2) is 9.84. The highest BCUT2D eigenvalue weighted by atomic mass is 35.5. The molecule has 0 atom stereocenters. The van der Waals surface area contributed by atoms with Gasteiger partial charge in [0.1, 0.15) is 17.8 Å². The number of rotatable bonds is 9. The molecule has 0 aliphatic rings. The average Bonchev–Trinajstić information content (AvgIpc) is 3.27. The second-order valence-corrected chi connectivity index (χ2v) is 8.89. The summed E-state index contributed by atoms with van der Waals surface area (Å²) >= 11 is 6.37. The summed E-state index contributed by atoms with van der Waals surface area (Å²) in [5.74, 6) is -1.32. The van der Waals surface area contributed by atoms with Crippen LogP contribution in [-0.2, 0) is 10.0 Å². The van der Waals surface area contributed by atoms with Gasteiger partial charge in [-0.2, -0.15) is 9.97 Å². The summed E-state index contributed by atoms with van der Waals surface area (Å²) in [6.45, 7) is -0.964. The molecule has 0 amide bonds. The Morgan fingerprint density at radius 1 is 1.11 bits per heavy atom. The van der Waals surface area contributed by atoms with Crippen molar-refractivity contribution in [3.8, 4) is 28.6 Å². The van der Waals surface area contributed by atoms with Gasteiger partial charge < -0.3 is 19.2 Å². The predicted octanol–water partition coefficient (Wildman–Crippen LogP) is 3.53. The lowest BCUT2D eigenvalue weighted by Gasteiger charge is -2.14. The van der Waals surface area contributed by atoms with E-state index in [4.69, 9.17) is 25.8 Å². The predicted molar refractivity (Wildman–Crippen MR) is 122 cm³/mol. The summed E-state index contributed by atoms with van der Waals surface area (Å²) in [7, 11) is -1.85. The van der Waals surface area contributed by atoms with Gasteiger partial charge in [0, 0.05) is 35.1 Å². The Balaban J connectivity index is 1.74. The highest BCUT2D eigenvalue weighted by molar-refractivity contribution is 7.93. The summed E-state index contributed by atoms with van der Waals surface area (Å²) in [4.78, 5) is 18.6. The van der Waals surface area contributed by atoms with Gasteiger partial charge in [-0.05, 0) is 12.1 Å². The molecule has 0 unspecified atom stereocenters. The number of hydrogen-bond donors (Lipinski definition) is 2. The molecule has 4 rings (SSSR count). The largest absolute Gasteiger partial charge is 0.478 e. The summed E-state index contributed by atoms with van der Waals surface area (Å²) in [5, 5.41) is 0.694. The van der Waals surface area contributed by atoms with Crippen LogP contribution in [0.5, 0.6) is 17.5 Å². The molecule has 35 heavy (non-hydrogen) atoms. The van der Waals surface area contributed by atoms with Crippen LogP contribution in [0.15, 0.2) is 41.9 Å². The van der Waals surface area contributed by atoms with Crippen LogP contribution < -0.4 is 18.9 Å². The number of hydrogen-bond acceptors (Lipinski definition) is 9. The molecule has 0 radical (unpaired) electrons. The fraction of sp³-hybridized carbons (Fsp3) is 0.200. The lowest BCUT2D eigenvalue weighted by Crippen LogP contribution is -2.16. The number of fused-ring (bicyclic) bond motifs is 1. The third-order valence-corrected chi connectivity index (χ3v) is 6.36. The van der Waals surface area contributed by atoms with E-state index in [0.29, 0.717) is 27.1 Å². The normalized spacial score (nSPS) is 11.6. The Morgan fingerprint density at radius 3 is 2.37 bits per heavy atom. The minimum atomic E-state index is -4.25. The van der Waals surface area contributed by atoms with E-state index in [2.05, 4.69) is 29.6 Å². The molecule has 0 spiro atoms. The Bertz CT molecular complexity index is 1440. The van der Waals surface area contributed by atoms with Gasteiger partial charge >= 0.3 is 0 Å². The van der Waals surface area contributed by atoms with Crippen LogP contribution in [0.25, 0.3) is 22.0 Å². The topological polar surface area (TPSA) is 141 Å². The Kier molecular flexibility index (Phi) is 6.84. The molecule has 0 saturated heterocycles. The van der Waals surface area contributed by atoms with Gasteiger partial charge in [0.2, 0.25) is 11.7 Å². The molecular formula is C20H17ClF2N6O5S. The van der Waals surface area contributed by atoms with E-state index < -0.39 is 29.0 Å². The number of aromatic amines is 1. The van der Waals surface area contributed by atoms with Crippen molar-refractivity contribution in [2.75, 3.05) is 25.5 Å². The van der Waals surface area contributed by atoms with Gasteiger partial charge in [-0.1, -0.05) is 11.6 Å². The minimum Gasteiger partial charge on any atom is -0.478 e. The van der Waals surface area contributed by atoms with E-state index in [1.807, 2.05) is 0 Å². The molecule has 11 nitrogen and oxygen atoms in total. The first-order valence-electron chi connectivity index (χ1n) is 9.74. The number of benzene rings is 1. The van der Waals surface area contributed by atoms with Crippen molar-refractivity contribution in [3.63, 3.8) is 0 Å². The number of nitrogens with one attached hydrogen (secondary N) is 2. The number of halogens is 3. The molecule has 0 aliphatic heterocycles. The van der Waals surface area contributed by atoms with Crippen molar-refractivity contribution >= 4 is 38.5 Å². The van der Waals surface area contributed by atoms with Gasteiger partial charge in [0.05, 0.1) is 24.8 Å². The number of nitrogens with zero attached hydrogens (tertiary/aromatic N) is 4. The molecule has 0 bridgehead atoms. The van der Waals surface area contributed by atoms with Crippen LogP contribution in [-0.4, -0.2) is 60.6 Å². The molecule has 3 aromatic heterocycles. The van der Waals surface area contributed by atoms with Crippen LogP contribution in [0.3, 0.4) is 0 Å². The molecule has 0 fully saturated rings. The molecule has 0 saturated carbocycles. The zero-order valence-electron chi connectivity index (χ0n) is 18.1. The summed E-state index contributed by atoms with van der Waals surface area (Å²) < 4.78 is 68.9. The smallest absolute Gasteiger partial charge is 0.272 e. The van der Waals surface area contributed by atoms with E-state index in [1.54, 1.807) is 24.5 Å². The zero-order chi connectivity index (χ0) is 25.2. The summed E-state index contributed by atoms with van der Waals surface area (Å²) in [5.41, 5.74) is 1.55. The van der Waals surface area contributed by atoms with Gasteiger partial charge in [-0.15, -0.1) is 0 Å². The van der Waals surface area contributed by atoms with E-state index in [-0.39, 0.29) is 22.4 Å². The van der Waals surface area contributed by atoms with Crippen molar-refractivity contribution < 1.29 is 31.4 Å². The highest BCUT2D eigenvalue weighted by Crippen LogP contribution is 2.38. The van der Waals surface area contributed by atoms with Crippen molar-refractivity contribution in [3.05, 3.63) is 42.1 Å². The minimum absolute atomic E-state index is 0.123. The average molecular weight is 527 g/mol. The molecule has 1 aromatic carbocycles. The number of H-pyrrole nitrogens is 1. The number of ether oxygens (including phenoxy) is 3. The molecular weight excluding hydrogens is 510 g/mol. The van der Waals surface area contributed by atoms with E-state index >= 15 is 0 Å². The number of methoxy groups -OCH3 is 2. The lowest BCUT2D eigenvalue weighted by atomic mass is 10.1. The van der Waals surface area contributed by atoms with Gasteiger partial charge in [0.15, 0.2) is 0 Å². The lowest BCUT2D eigenvalue weighted by molar-refractivity contribution is 0.0781. The third kappa shape index (κ3) is 4.88. The Hall–Kier alpha value is -3.78. The van der Waals surface area contributed by atoms with E-state index in [9.17, 15) is 17.2 Å². The molecule has 4 aromatic rings. The first-order chi connectivity index (χ1) is 16.7. The van der Waals surface area contributed by atoms with Crippen LogP contribution in [0, 0.1) is 0 Å². The maximum absolute atomic E-state index is 13.2. The van der Waals surface area contributed by atoms with Crippen molar-refractivity contribution in [2.45, 2.75) is 11.3 Å². The first kappa shape index (κ1) is 24.3. The van der Waals surface area contributed by atoms with Gasteiger partial charge in [-0.25, -0.2) is 31.9 Å². The maximum atomic E-state index is 13.2. The Morgan fingerprint density at radius 2 is 1.77 bits per heavy atom. The number of sulfonamides is 1. The monoisotopic (exact) mass is 526 g/mol. The van der Waals surface area contributed by atoms with E-state index in [0.717, 1.165) is 0 Å². The number of alkyl halides is 2.